The van der Waals surface area contributed by atoms with Crippen molar-refractivity contribution in [3.63, 3.8) is 0 Å². The van der Waals surface area contributed by atoms with Crippen molar-refractivity contribution in [3.8, 4) is 11.6 Å². The predicted molar refractivity (Wildman–Crippen MR) is 100 cm³/mol. The van der Waals surface area contributed by atoms with Crippen LogP contribution in [0.4, 0.5) is 13.2 Å². The molecular weight excluding hydrogens is 401 g/mol. The van der Waals surface area contributed by atoms with E-state index in [2.05, 4.69) is 20.2 Å². The highest BCUT2D eigenvalue weighted by molar-refractivity contribution is 5.97. The summed E-state index contributed by atoms with van der Waals surface area (Å²) in [5, 5.41) is 8.15. The number of alkyl halides is 3. The lowest BCUT2D eigenvalue weighted by atomic mass is 10.1. The Kier molecular flexibility index (Phi) is 6.28. The molecule has 3 rings (SSSR count). The number of aromatic nitrogens is 5. The topological polar surface area (TPSA) is 86.0 Å². The van der Waals surface area contributed by atoms with Crippen molar-refractivity contribution in [2.75, 3.05) is 13.2 Å². The zero-order valence-electron chi connectivity index (χ0n) is 16.2. The molecule has 0 saturated carbocycles. The second kappa shape index (κ2) is 8.89. The van der Waals surface area contributed by atoms with Crippen LogP contribution in [0.25, 0.3) is 5.69 Å². The van der Waals surface area contributed by atoms with Gasteiger partial charge in [0.1, 0.15) is 6.61 Å². The lowest BCUT2D eigenvalue weighted by molar-refractivity contribution is -0.141. The maximum atomic E-state index is 13.1. The quantitative estimate of drug-likeness (QED) is 0.584. The lowest BCUT2D eigenvalue weighted by Crippen LogP contribution is -2.42. The van der Waals surface area contributed by atoms with Crippen LogP contribution in [0.3, 0.4) is 0 Å². The van der Waals surface area contributed by atoms with Crippen LogP contribution < -0.4 is 4.74 Å². The minimum atomic E-state index is -4.57. The Balaban J connectivity index is 1.71. The highest BCUT2D eigenvalue weighted by Gasteiger charge is 2.33. The summed E-state index contributed by atoms with van der Waals surface area (Å²) in [6.45, 7) is 4.01. The molecule has 1 atom stereocenters. The normalized spacial score (nSPS) is 12.4. The molecule has 0 bridgehead atoms. The molecule has 30 heavy (non-hydrogen) atoms. The molecule has 0 radical (unpaired) electrons. The van der Waals surface area contributed by atoms with Crippen LogP contribution in [0.5, 0.6) is 5.88 Å². The number of rotatable bonds is 7. The summed E-state index contributed by atoms with van der Waals surface area (Å²) in [5.41, 5.74) is -0.151. The van der Waals surface area contributed by atoms with E-state index in [1.165, 1.54) is 17.2 Å². The molecule has 3 aromatic rings. The SMILES string of the molecule is CCN(C(=O)c1ccccc1-n1nccn1)[C@@H](C)COc1cnc(C(F)(F)F)cn1. The number of benzene rings is 1. The van der Waals surface area contributed by atoms with Crippen molar-refractivity contribution in [3.05, 3.63) is 60.3 Å². The molecule has 0 N–H and O–H groups in total. The van der Waals surface area contributed by atoms with E-state index in [1.54, 1.807) is 36.1 Å². The molecule has 8 nitrogen and oxygen atoms in total. The number of likely N-dealkylation sites (N-methyl/N-ethyl adjacent to an activating group) is 1. The Hall–Kier alpha value is -3.50. The summed E-state index contributed by atoms with van der Waals surface area (Å²) in [5.74, 6) is -0.306. The first-order valence-electron chi connectivity index (χ1n) is 9.10. The number of amides is 1. The number of ether oxygens (including phenoxy) is 1. The number of hydrogen-bond donors (Lipinski definition) is 0. The van der Waals surface area contributed by atoms with Crippen LogP contribution in [0.15, 0.2) is 49.1 Å². The standard InChI is InChI=1S/C19H19F3N6O2/c1-3-27(13(2)12-30-17-11-23-16(10-24-17)19(20,21)22)18(29)14-6-4-5-7-15(14)28-25-8-9-26-28/h4-11,13H,3,12H2,1-2H3/t13-/m0/s1. The molecule has 0 aliphatic carbocycles. The maximum Gasteiger partial charge on any atom is 0.434 e. The number of carbonyl (C=O) groups excluding carboxylic acids is 1. The zero-order chi connectivity index (χ0) is 21.7. The fourth-order valence-electron chi connectivity index (χ4n) is 2.81. The summed E-state index contributed by atoms with van der Waals surface area (Å²) in [6, 6.07) is 6.55. The Morgan fingerprint density at radius 1 is 1.17 bits per heavy atom. The van der Waals surface area contributed by atoms with Crippen molar-refractivity contribution in [1.82, 2.24) is 29.9 Å². The third-order valence-electron chi connectivity index (χ3n) is 4.29. The Morgan fingerprint density at radius 2 is 1.87 bits per heavy atom. The van der Waals surface area contributed by atoms with Crippen LogP contribution in [0, 0.1) is 0 Å². The van der Waals surface area contributed by atoms with Gasteiger partial charge in [-0.15, -0.1) is 0 Å². The van der Waals surface area contributed by atoms with Gasteiger partial charge in [0.05, 0.1) is 42.1 Å². The fraction of sp³-hybridized carbons (Fsp3) is 0.316. The molecule has 1 amide bonds. The van der Waals surface area contributed by atoms with Crippen molar-refractivity contribution < 1.29 is 22.7 Å². The number of hydrogen-bond acceptors (Lipinski definition) is 6. The summed E-state index contributed by atoms with van der Waals surface area (Å²) in [7, 11) is 0. The Labute approximate surface area is 170 Å². The molecule has 0 spiro atoms. The summed E-state index contributed by atoms with van der Waals surface area (Å²) < 4.78 is 43.2. The molecule has 0 aliphatic rings. The van der Waals surface area contributed by atoms with Gasteiger partial charge in [-0.05, 0) is 26.0 Å². The van der Waals surface area contributed by atoms with Gasteiger partial charge in [-0.3, -0.25) is 4.79 Å². The number of nitrogens with zero attached hydrogens (tertiary/aromatic N) is 6. The van der Waals surface area contributed by atoms with Crippen LogP contribution >= 0.6 is 0 Å². The minimum Gasteiger partial charge on any atom is -0.474 e. The van der Waals surface area contributed by atoms with Gasteiger partial charge in [0.15, 0.2) is 5.69 Å². The number of para-hydroxylation sites is 1. The van der Waals surface area contributed by atoms with E-state index in [4.69, 9.17) is 4.74 Å². The first-order chi connectivity index (χ1) is 14.3. The maximum absolute atomic E-state index is 13.1. The smallest absolute Gasteiger partial charge is 0.434 e. The monoisotopic (exact) mass is 420 g/mol. The predicted octanol–water partition coefficient (Wildman–Crippen LogP) is 3.01. The molecule has 0 saturated heterocycles. The first kappa shape index (κ1) is 21.2. The van der Waals surface area contributed by atoms with Gasteiger partial charge >= 0.3 is 6.18 Å². The number of halogens is 3. The Morgan fingerprint density at radius 3 is 2.47 bits per heavy atom. The third-order valence-corrected chi connectivity index (χ3v) is 4.29. The van der Waals surface area contributed by atoms with Crippen LogP contribution in [-0.2, 0) is 6.18 Å². The third kappa shape index (κ3) is 4.73. The van der Waals surface area contributed by atoms with Gasteiger partial charge in [0.25, 0.3) is 5.91 Å². The summed E-state index contributed by atoms with van der Waals surface area (Å²) in [4.78, 5) is 23.0. The van der Waals surface area contributed by atoms with Crippen molar-refractivity contribution >= 4 is 5.91 Å². The van der Waals surface area contributed by atoms with Crippen LogP contribution in [0.1, 0.15) is 29.9 Å². The Bertz CT molecular complexity index is 977. The van der Waals surface area contributed by atoms with Gasteiger partial charge in [-0.2, -0.15) is 28.2 Å². The van der Waals surface area contributed by atoms with E-state index < -0.39 is 11.9 Å². The average Bonchev–Trinajstić information content (AvgIpc) is 3.27. The molecule has 0 fully saturated rings. The molecule has 0 unspecified atom stereocenters. The second-order valence-electron chi connectivity index (χ2n) is 6.32. The van der Waals surface area contributed by atoms with Crippen molar-refractivity contribution in [1.29, 1.82) is 0 Å². The van der Waals surface area contributed by atoms with Crippen LogP contribution in [0.2, 0.25) is 0 Å². The molecule has 2 heterocycles. The first-order valence-corrected chi connectivity index (χ1v) is 9.10. The minimum absolute atomic E-state index is 0.0296. The van der Waals surface area contributed by atoms with E-state index in [-0.39, 0.29) is 24.4 Å². The molecule has 11 heteroatoms. The molecule has 2 aromatic heterocycles. The molecular formula is C19H19F3N6O2. The number of carbonyl (C=O) groups is 1. The summed E-state index contributed by atoms with van der Waals surface area (Å²) >= 11 is 0. The zero-order valence-corrected chi connectivity index (χ0v) is 16.2. The lowest BCUT2D eigenvalue weighted by Gasteiger charge is -2.28. The van der Waals surface area contributed by atoms with Gasteiger partial charge in [0, 0.05) is 6.54 Å². The van der Waals surface area contributed by atoms with E-state index in [0.29, 0.717) is 24.0 Å². The largest absolute Gasteiger partial charge is 0.474 e. The summed E-state index contributed by atoms with van der Waals surface area (Å²) in [6.07, 6.45) is -0.0235. The van der Waals surface area contributed by atoms with Gasteiger partial charge in [-0.25, -0.2) is 9.97 Å². The van der Waals surface area contributed by atoms with E-state index in [0.717, 1.165) is 6.20 Å². The van der Waals surface area contributed by atoms with Gasteiger partial charge < -0.3 is 9.64 Å². The fourth-order valence-corrected chi connectivity index (χ4v) is 2.81. The van der Waals surface area contributed by atoms with Gasteiger partial charge in [-0.1, -0.05) is 12.1 Å². The molecule has 0 aliphatic heterocycles. The molecule has 158 valence electrons. The van der Waals surface area contributed by atoms with E-state index in [1.807, 2.05) is 6.92 Å². The van der Waals surface area contributed by atoms with Gasteiger partial charge in [0.2, 0.25) is 5.88 Å². The van der Waals surface area contributed by atoms with E-state index >= 15 is 0 Å². The van der Waals surface area contributed by atoms with E-state index in [9.17, 15) is 18.0 Å². The van der Waals surface area contributed by atoms with Crippen molar-refractivity contribution in [2.24, 2.45) is 0 Å². The van der Waals surface area contributed by atoms with Crippen molar-refractivity contribution in [2.45, 2.75) is 26.1 Å². The highest BCUT2D eigenvalue weighted by atomic mass is 19.4. The highest BCUT2D eigenvalue weighted by Crippen LogP contribution is 2.27. The molecule has 1 aromatic carbocycles. The second-order valence-corrected chi connectivity index (χ2v) is 6.32. The average molecular weight is 420 g/mol. The van der Waals surface area contributed by atoms with Crippen LogP contribution in [-0.4, -0.2) is 55.0 Å².